The molecule has 0 aromatic heterocycles. The normalized spacial score (nSPS) is 24.4. The smallest absolute Gasteiger partial charge is 0.193 e. The van der Waals surface area contributed by atoms with Crippen LogP contribution in [-0.2, 0) is 4.74 Å². The van der Waals surface area contributed by atoms with E-state index in [2.05, 4.69) is 15.2 Å². The molecule has 5 heteroatoms. The first-order chi connectivity index (χ1) is 9.85. The van der Waals surface area contributed by atoms with E-state index in [1.807, 2.05) is 7.05 Å². The molecule has 0 aromatic carbocycles. The largest absolute Gasteiger partial charge is 0.378 e. The summed E-state index contributed by atoms with van der Waals surface area (Å²) >= 11 is 0. The van der Waals surface area contributed by atoms with E-state index in [1.54, 1.807) is 0 Å². The summed E-state index contributed by atoms with van der Waals surface area (Å²) in [7, 11) is 1.90. The third-order valence-electron chi connectivity index (χ3n) is 4.99. The molecule has 122 valence electrons. The second-order valence-electron chi connectivity index (χ2n) is 6.69. The number of hydrogen-bond acceptors (Lipinski definition) is 2. The van der Waals surface area contributed by atoms with Crippen molar-refractivity contribution in [1.29, 1.82) is 0 Å². The number of hydrogen-bond donors (Lipinski definition) is 1. The number of guanidine groups is 1. The summed E-state index contributed by atoms with van der Waals surface area (Å²) in [5, 5.41) is 3.55. The molecule has 21 heavy (non-hydrogen) atoms. The van der Waals surface area contributed by atoms with Gasteiger partial charge in [-0.15, -0.1) is 24.0 Å². The Kier molecular flexibility index (Phi) is 7.05. The summed E-state index contributed by atoms with van der Waals surface area (Å²) in [5.41, 5.74) is 0. The average molecular weight is 407 g/mol. The van der Waals surface area contributed by atoms with E-state index in [1.165, 1.54) is 32.1 Å². The summed E-state index contributed by atoms with van der Waals surface area (Å²) in [6.07, 6.45) is 9.74. The van der Waals surface area contributed by atoms with Crippen LogP contribution in [0.5, 0.6) is 0 Å². The lowest BCUT2D eigenvalue weighted by molar-refractivity contribution is 0.0130. The molecule has 0 spiro atoms. The first kappa shape index (κ1) is 17.3. The van der Waals surface area contributed by atoms with Crippen molar-refractivity contribution >= 4 is 29.9 Å². The zero-order valence-corrected chi connectivity index (χ0v) is 15.6. The Morgan fingerprint density at radius 2 is 1.81 bits per heavy atom. The maximum absolute atomic E-state index is 6.01. The number of likely N-dealkylation sites (tertiary alicyclic amines) is 1. The zero-order valence-electron chi connectivity index (χ0n) is 13.2. The fourth-order valence-corrected chi connectivity index (χ4v) is 3.06. The van der Waals surface area contributed by atoms with Crippen LogP contribution < -0.4 is 5.32 Å². The van der Waals surface area contributed by atoms with E-state index in [0.717, 1.165) is 56.9 Å². The Bertz CT molecular complexity index is 334. The maximum atomic E-state index is 6.01. The van der Waals surface area contributed by atoms with Gasteiger partial charge in [0.15, 0.2) is 5.96 Å². The Balaban J connectivity index is 0.00000161. The highest BCUT2D eigenvalue weighted by Crippen LogP contribution is 2.30. The second kappa shape index (κ2) is 8.56. The van der Waals surface area contributed by atoms with Crippen LogP contribution in [0.15, 0.2) is 4.99 Å². The monoisotopic (exact) mass is 407 g/mol. The maximum Gasteiger partial charge on any atom is 0.193 e. The van der Waals surface area contributed by atoms with Crippen molar-refractivity contribution in [2.24, 2.45) is 16.8 Å². The van der Waals surface area contributed by atoms with Gasteiger partial charge in [-0.05, 0) is 50.4 Å². The van der Waals surface area contributed by atoms with Crippen LogP contribution in [0.2, 0.25) is 0 Å². The Hall–Kier alpha value is -0.0400. The summed E-state index contributed by atoms with van der Waals surface area (Å²) < 4.78 is 6.01. The lowest BCUT2D eigenvalue weighted by Crippen LogP contribution is -2.48. The summed E-state index contributed by atoms with van der Waals surface area (Å²) in [6.45, 7) is 4.27. The molecule has 0 unspecified atom stereocenters. The minimum Gasteiger partial charge on any atom is -0.378 e. The van der Waals surface area contributed by atoms with Crippen molar-refractivity contribution in [2.45, 2.75) is 51.0 Å². The summed E-state index contributed by atoms with van der Waals surface area (Å²) in [4.78, 5) is 6.84. The highest BCUT2D eigenvalue weighted by molar-refractivity contribution is 14.0. The van der Waals surface area contributed by atoms with Crippen LogP contribution >= 0.6 is 24.0 Å². The van der Waals surface area contributed by atoms with Gasteiger partial charge in [0.2, 0.25) is 0 Å². The van der Waals surface area contributed by atoms with E-state index in [9.17, 15) is 0 Å². The first-order valence-corrected chi connectivity index (χ1v) is 8.42. The number of rotatable bonds is 5. The molecule has 2 saturated carbocycles. The minimum atomic E-state index is 0. The predicted molar refractivity (Wildman–Crippen MR) is 97.4 cm³/mol. The summed E-state index contributed by atoms with van der Waals surface area (Å²) in [5.74, 6) is 2.86. The molecule has 1 saturated heterocycles. The fraction of sp³-hybridized carbons (Fsp3) is 0.938. The van der Waals surface area contributed by atoms with E-state index in [0.29, 0.717) is 6.10 Å². The molecule has 3 rings (SSSR count). The number of nitrogens with one attached hydrogen (secondary N) is 1. The van der Waals surface area contributed by atoms with Crippen LogP contribution in [0.25, 0.3) is 0 Å². The minimum absolute atomic E-state index is 0. The van der Waals surface area contributed by atoms with E-state index in [-0.39, 0.29) is 24.0 Å². The molecule has 0 bridgehead atoms. The molecular formula is C16H30IN3O. The quantitative estimate of drug-likeness (QED) is 0.433. The SMILES string of the molecule is CN=C(NCC1CCC1)N1CCC(OCC2CC2)CC1.I. The molecule has 0 atom stereocenters. The number of halogens is 1. The molecule has 1 aliphatic heterocycles. The van der Waals surface area contributed by atoms with Crippen molar-refractivity contribution in [2.75, 3.05) is 33.3 Å². The van der Waals surface area contributed by atoms with Crippen molar-refractivity contribution in [3.63, 3.8) is 0 Å². The van der Waals surface area contributed by atoms with Gasteiger partial charge in [0.25, 0.3) is 0 Å². The molecular weight excluding hydrogens is 377 g/mol. The zero-order chi connectivity index (χ0) is 13.8. The van der Waals surface area contributed by atoms with Gasteiger partial charge in [-0.2, -0.15) is 0 Å². The third-order valence-corrected chi connectivity index (χ3v) is 4.99. The highest BCUT2D eigenvalue weighted by Gasteiger charge is 2.26. The Morgan fingerprint density at radius 1 is 1.10 bits per heavy atom. The van der Waals surface area contributed by atoms with Gasteiger partial charge in [0, 0.05) is 33.3 Å². The van der Waals surface area contributed by atoms with Gasteiger partial charge in [0.1, 0.15) is 0 Å². The molecule has 2 aliphatic carbocycles. The van der Waals surface area contributed by atoms with E-state index >= 15 is 0 Å². The second-order valence-corrected chi connectivity index (χ2v) is 6.69. The molecule has 1 N–H and O–H groups in total. The van der Waals surface area contributed by atoms with Gasteiger partial charge in [0.05, 0.1) is 6.10 Å². The standard InChI is InChI=1S/C16H29N3O.HI/c1-17-16(18-11-13-3-2-4-13)19-9-7-15(8-10-19)20-12-14-5-6-14;/h13-15H,2-12H2,1H3,(H,17,18);1H. The van der Waals surface area contributed by atoms with Crippen LogP contribution in [0, 0.1) is 11.8 Å². The van der Waals surface area contributed by atoms with Crippen LogP contribution in [-0.4, -0.2) is 50.3 Å². The van der Waals surface area contributed by atoms with Crippen molar-refractivity contribution in [3.8, 4) is 0 Å². The number of ether oxygens (including phenoxy) is 1. The van der Waals surface area contributed by atoms with Crippen LogP contribution in [0.1, 0.15) is 44.9 Å². The number of nitrogens with zero attached hydrogens (tertiary/aromatic N) is 2. The van der Waals surface area contributed by atoms with E-state index < -0.39 is 0 Å². The third kappa shape index (κ3) is 5.27. The Morgan fingerprint density at radius 3 is 2.33 bits per heavy atom. The molecule has 4 nitrogen and oxygen atoms in total. The molecule has 3 aliphatic rings. The van der Waals surface area contributed by atoms with Gasteiger partial charge in [-0.3, -0.25) is 4.99 Å². The molecule has 0 amide bonds. The van der Waals surface area contributed by atoms with Crippen molar-refractivity contribution < 1.29 is 4.74 Å². The highest BCUT2D eigenvalue weighted by atomic mass is 127. The molecule has 0 aromatic rings. The molecule has 0 radical (unpaired) electrons. The topological polar surface area (TPSA) is 36.9 Å². The van der Waals surface area contributed by atoms with Gasteiger partial charge in [-0.1, -0.05) is 6.42 Å². The van der Waals surface area contributed by atoms with Crippen LogP contribution in [0.4, 0.5) is 0 Å². The van der Waals surface area contributed by atoms with Crippen molar-refractivity contribution in [3.05, 3.63) is 0 Å². The summed E-state index contributed by atoms with van der Waals surface area (Å²) in [6, 6.07) is 0. The predicted octanol–water partition coefficient (Wildman–Crippen LogP) is 2.87. The lowest BCUT2D eigenvalue weighted by Gasteiger charge is -2.35. The first-order valence-electron chi connectivity index (χ1n) is 8.42. The number of aliphatic imine (C=N–C) groups is 1. The Labute approximate surface area is 146 Å². The molecule has 1 heterocycles. The van der Waals surface area contributed by atoms with Gasteiger partial charge in [-0.25, -0.2) is 0 Å². The molecule has 3 fully saturated rings. The van der Waals surface area contributed by atoms with Crippen LogP contribution in [0.3, 0.4) is 0 Å². The fourth-order valence-electron chi connectivity index (χ4n) is 3.06. The van der Waals surface area contributed by atoms with Crippen molar-refractivity contribution in [1.82, 2.24) is 10.2 Å². The average Bonchev–Trinajstić information content (AvgIpc) is 3.24. The van der Waals surface area contributed by atoms with Gasteiger partial charge < -0.3 is 15.0 Å². The van der Waals surface area contributed by atoms with E-state index in [4.69, 9.17) is 4.74 Å². The number of piperidine rings is 1. The lowest BCUT2D eigenvalue weighted by atomic mass is 9.85. The van der Waals surface area contributed by atoms with Gasteiger partial charge >= 0.3 is 0 Å².